The van der Waals surface area contributed by atoms with Crippen LogP contribution in [-0.2, 0) is 10.8 Å². The molecule has 0 N–H and O–H groups in total. The Kier molecular flexibility index (Phi) is 13.4. The molecule has 2 aliphatic carbocycles. The molecule has 2 aliphatic rings. The van der Waals surface area contributed by atoms with Crippen molar-refractivity contribution >= 4 is 123 Å². The number of hydrogen-bond donors (Lipinski definition) is 0. The largest absolute Gasteiger partial charge is 0.192 e. The number of hydrogen-bond acceptors (Lipinski definition) is 14. The minimum atomic E-state index is -0.751. The summed E-state index contributed by atoms with van der Waals surface area (Å²) >= 11 is 9.38. The van der Waals surface area contributed by atoms with E-state index in [1.54, 1.807) is 34.8 Å². The highest BCUT2D eigenvalue weighted by Crippen LogP contribution is 2.65. The highest BCUT2D eigenvalue weighted by atomic mass is 32.1. The Hall–Kier alpha value is -10.6. The number of benzene rings is 9. The summed E-state index contributed by atoms with van der Waals surface area (Å²) < 4.78 is 21.2. The number of fused-ring (bicyclic) bond motifs is 12. The zero-order chi connectivity index (χ0) is 63.7. The van der Waals surface area contributed by atoms with Gasteiger partial charge in [-0.15, -0.1) is 45.3 Å². The summed E-state index contributed by atoms with van der Waals surface area (Å²) in [4.78, 5) is 6.76. The lowest BCUT2D eigenvalue weighted by Gasteiger charge is -2.36. The summed E-state index contributed by atoms with van der Waals surface area (Å²) in [5.41, 5.74) is 24.2. The SMILES string of the molecule is Cc1ccc(C2(c3ccc(C)cc3)c3cc4c(cc3-c3ccc5sc(-c6ccc(-c7ccc(C=C(C#N)C#N)c8nsnc78)s6)cc5c32)C(c2ccc(C)cc2)(c2ccc(C)cc2)c2c-4ccc3sc(-c4ccc(-c5ccc(C=C(C#N)C#N)c6nsnc56)s4)cc23)cc1. The Morgan fingerprint density at radius 1 is 0.330 bits per heavy atom. The molecule has 15 aromatic rings. The molecule has 14 heteroatoms. The van der Waals surface area contributed by atoms with Crippen molar-refractivity contribution in [1.82, 2.24) is 17.5 Å². The third-order valence-corrected chi connectivity index (χ3v) is 24.7. The summed E-state index contributed by atoms with van der Waals surface area (Å²) in [6.45, 7) is 8.69. The molecule has 94 heavy (non-hydrogen) atoms. The second-order valence-electron chi connectivity index (χ2n) is 24.1. The van der Waals surface area contributed by atoms with Crippen molar-refractivity contribution in [3.8, 4) is 86.9 Å². The van der Waals surface area contributed by atoms with Gasteiger partial charge in [-0.25, -0.2) is 0 Å². The topological polar surface area (TPSA) is 147 Å². The fourth-order valence-corrected chi connectivity index (χ4v) is 20.1. The van der Waals surface area contributed by atoms with Crippen LogP contribution in [0.4, 0.5) is 0 Å². The lowest BCUT2D eigenvalue weighted by atomic mass is 9.65. The fraction of sp³-hybridized carbons (Fsp3) is 0.0750. The maximum atomic E-state index is 9.58. The third-order valence-electron chi connectivity index (χ3n) is 18.8. The monoisotopic (exact) mass is 1310 g/mol. The van der Waals surface area contributed by atoms with Crippen LogP contribution in [0.1, 0.15) is 77.9 Å². The van der Waals surface area contributed by atoms with E-state index in [1.807, 2.05) is 71.2 Å². The first-order valence-electron chi connectivity index (χ1n) is 30.4. The van der Waals surface area contributed by atoms with Crippen LogP contribution in [0.3, 0.4) is 0 Å². The average molecular weight is 1310 g/mol. The molecular weight excluding hydrogens is 1270 g/mol. The van der Waals surface area contributed by atoms with Crippen molar-refractivity contribution in [2.75, 3.05) is 0 Å². The molecule has 0 saturated carbocycles. The molecule has 0 amide bonds. The lowest BCUT2D eigenvalue weighted by molar-refractivity contribution is 0.764. The predicted molar refractivity (Wildman–Crippen MR) is 389 cm³/mol. The zero-order valence-electron chi connectivity index (χ0n) is 50.7. The maximum absolute atomic E-state index is 9.58. The second-order valence-corrected chi connectivity index (χ2v) is 29.5. The molecule has 442 valence electrons. The van der Waals surface area contributed by atoms with Gasteiger partial charge in [0, 0.05) is 60.9 Å². The van der Waals surface area contributed by atoms with E-state index in [4.69, 9.17) is 8.75 Å². The first-order valence-corrected chi connectivity index (χ1v) is 35.1. The van der Waals surface area contributed by atoms with Crippen molar-refractivity contribution in [3.63, 3.8) is 0 Å². The molecule has 0 radical (unpaired) electrons. The number of aromatic nitrogens is 4. The molecule has 0 aliphatic heterocycles. The van der Waals surface area contributed by atoms with Crippen molar-refractivity contribution in [3.05, 3.63) is 283 Å². The van der Waals surface area contributed by atoms with Gasteiger partial charge < -0.3 is 0 Å². The smallest absolute Gasteiger partial charge is 0.130 e. The van der Waals surface area contributed by atoms with Crippen molar-refractivity contribution in [2.24, 2.45) is 0 Å². The van der Waals surface area contributed by atoms with Gasteiger partial charge in [-0.3, -0.25) is 0 Å². The van der Waals surface area contributed by atoms with E-state index < -0.39 is 10.8 Å². The summed E-state index contributed by atoms with van der Waals surface area (Å²) in [6, 6.07) is 81.4. The summed E-state index contributed by atoms with van der Waals surface area (Å²) in [5, 5.41) is 40.8. The first-order chi connectivity index (χ1) is 46.0. The van der Waals surface area contributed by atoms with Gasteiger partial charge in [0.1, 0.15) is 57.5 Å². The van der Waals surface area contributed by atoms with Gasteiger partial charge in [0.2, 0.25) is 0 Å². The molecule has 17 rings (SSSR count). The number of nitrogens with zero attached hydrogens (tertiary/aromatic N) is 8. The van der Waals surface area contributed by atoms with Gasteiger partial charge in [0.25, 0.3) is 0 Å². The van der Waals surface area contributed by atoms with Crippen LogP contribution in [0.25, 0.3) is 117 Å². The fourth-order valence-electron chi connectivity index (χ4n) is 14.5. The van der Waals surface area contributed by atoms with Crippen LogP contribution >= 0.6 is 68.8 Å². The summed E-state index contributed by atoms with van der Waals surface area (Å²) in [5.74, 6) is 0. The summed E-state index contributed by atoms with van der Waals surface area (Å²) in [7, 11) is 0. The Morgan fingerprint density at radius 2 is 0.660 bits per heavy atom. The lowest BCUT2D eigenvalue weighted by Crippen LogP contribution is -2.30. The van der Waals surface area contributed by atoms with Gasteiger partial charge in [0.05, 0.1) is 34.3 Å². The van der Waals surface area contributed by atoms with E-state index in [0.29, 0.717) is 22.2 Å². The number of allylic oxidation sites excluding steroid dienone is 2. The van der Waals surface area contributed by atoms with Crippen molar-refractivity contribution in [2.45, 2.75) is 38.5 Å². The predicted octanol–water partition coefficient (Wildman–Crippen LogP) is 21.7. The van der Waals surface area contributed by atoms with Gasteiger partial charge in [-0.1, -0.05) is 156 Å². The molecule has 8 nitrogen and oxygen atoms in total. The van der Waals surface area contributed by atoms with Gasteiger partial charge in [-0.2, -0.15) is 38.5 Å². The molecule has 0 bridgehead atoms. The number of aryl methyl sites for hydroxylation is 4. The normalized spacial score (nSPS) is 13.0. The molecule has 0 unspecified atom stereocenters. The zero-order valence-corrected chi connectivity index (χ0v) is 55.6. The Morgan fingerprint density at radius 3 is 1.01 bits per heavy atom. The van der Waals surface area contributed by atoms with Crippen molar-refractivity contribution < 1.29 is 0 Å². The molecule has 0 atom stereocenters. The minimum Gasteiger partial charge on any atom is -0.192 e. The highest BCUT2D eigenvalue weighted by molar-refractivity contribution is 7.27. The van der Waals surface area contributed by atoms with Gasteiger partial charge in [-0.05, 0) is 178 Å². The Bertz CT molecular complexity index is 5470. The second kappa shape index (κ2) is 22.0. The Labute approximate surface area is 565 Å². The van der Waals surface area contributed by atoms with E-state index in [1.165, 1.54) is 119 Å². The first kappa shape index (κ1) is 57.3. The minimum absolute atomic E-state index is 0.0177. The molecular formula is C80H46N8S6. The van der Waals surface area contributed by atoms with E-state index in [0.717, 1.165) is 65.1 Å². The van der Waals surface area contributed by atoms with Crippen LogP contribution < -0.4 is 0 Å². The maximum Gasteiger partial charge on any atom is 0.130 e. The van der Waals surface area contributed by atoms with Crippen LogP contribution in [0.2, 0.25) is 0 Å². The van der Waals surface area contributed by atoms with Crippen LogP contribution in [0, 0.1) is 73.0 Å². The number of thiophene rings is 4. The van der Waals surface area contributed by atoms with E-state index >= 15 is 0 Å². The third kappa shape index (κ3) is 8.59. The van der Waals surface area contributed by atoms with E-state index in [2.05, 4.69) is 206 Å². The molecule has 9 aromatic carbocycles. The number of nitriles is 4. The summed E-state index contributed by atoms with van der Waals surface area (Å²) in [6.07, 6.45) is 3.17. The van der Waals surface area contributed by atoms with E-state index in [-0.39, 0.29) is 11.1 Å². The molecule has 0 saturated heterocycles. The van der Waals surface area contributed by atoms with Crippen LogP contribution in [0.15, 0.2) is 205 Å². The standard InChI is InChI=1S/C80H46N8S6/c1-43-5-15-51(16-6-43)79(52-17-7-44(2)8-18-52)63-35-60-56-26-28-68-62(38-72(92-68)70-32-30-66(90-70)58-24-14-50(34-48(41-83)42-84)76-78(58)88-94-86-76)74(56)80(53-19-9-45(3)10-20-53,54-21-11-46(4)12-22-54)64(60)36-59(63)55-25-27-67-61(73(55)79)37-71(91-67)69-31-29-65(89-69)57-23-13-49(33-47(39-81)40-82)75-77(57)87-93-85-75/h5-38H,1-4H3. The van der Waals surface area contributed by atoms with E-state index in [9.17, 15) is 21.0 Å². The van der Waals surface area contributed by atoms with Crippen molar-refractivity contribution in [1.29, 1.82) is 21.0 Å². The number of rotatable bonds is 10. The van der Waals surface area contributed by atoms with Crippen LogP contribution in [0.5, 0.6) is 0 Å². The van der Waals surface area contributed by atoms with Gasteiger partial charge in [0.15, 0.2) is 0 Å². The highest BCUT2D eigenvalue weighted by Gasteiger charge is 2.53. The molecule has 6 heterocycles. The molecule has 6 aromatic heterocycles. The van der Waals surface area contributed by atoms with Gasteiger partial charge >= 0.3 is 0 Å². The Balaban J connectivity index is 0.888. The quantitative estimate of drug-likeness (QED) is 0.123. The van der Waals surface area contributed by atoms with Crippen LogP contribution in [-0.4, -0.2) is 17.5 Å². The molecule has 0 spiro atoms. The average Bonchev–Trinajstić information content (AvgIpc) is 1.50. The molecule has 0 fully saturated rings.